The van der Waals surface area contributed by atoms with E-state index in [0.29, 0.717) is 5.56 Å². The van der Waals surface area contributed by atoms with Crippen molar-refractivity contribution in [2.45, 2.75) is 19.0 Å². The van der Waals surface area contributed by atoms with Crippen LogP contribution < -0.4 is 9.46 Å². The van der Waals surface area contributed by atoms with E-state index in [0.717, 1.165) is 17.7 Å². The van der Waals surface area contributed by atoms with Gasteiger partial charge in [0.2, 0.25) is 10.0 Å². The minimum absolute atomic E-state index is 0.159. The summed E-state index contributed by atoms with van der Waals surface area (Å²) in [4.78, 5) is 0. The Morgan fingerprint density at radius 2 is 1.74 bits per heavy atom. The molecular formula is C15H14F3NO3S. The lowest BCUT2D eigenvalue weighted by Gasteiger charge is -2.11. The average Bonchev–Trinajstić information content (AvgIpc) is 2.38. The molecule has 0 amide bonds. The lowest BCUT2D eigenvalue weighted by molar-refractivity contribution is -0.274. The van der Waals surface area contributed by atoms with Crippen LogP contribution in [0.1, 0.15) is 11.1 Å². The van der Waals surface area contributed by atoms with Crippen LogP contribution in [-0.2, 0) is 15.8 Å². The Morgan fingerprint density at radius 3 is 2.30 bits per heavy atom. The number of anilines is 1. The zero-order valence-electron chi connectivity index (χ0n) is 12.1. The van der Waals surface area contributed by atoms with Crippen molar-refractivity contribution in [3.05, 3.63) is 59.7 Å². The zero-order chi connectivity index (χ0) is 17.1. The van der Waals surface area contributed by atoms with E-state index in [2.05, 4.69) is 9.46 Å². The SMILES string of the molecule is Cc1cccc(CS(=O)(=O)Nc2ccc(OC(F)(F)F)cc2)c1. The van der Waals surface area contributed by atoms with Gasteiger partial charge >= 0.3 is 6.36 Å². The van der Waals surface area contributed by atoms with Crippen molar-refractivity contribution in [3.8, 4) is 5.75 Å². The number of sulfonamides is 1. The molecule has 0 bridgehead atoms. The molecule has 1 N–H and O–H groups in total. The smallest absolute Gasteiger partial charge is 0.406 e. The summed E-state index contributed by atoms with van der Waals surface area (Å²) in [5.41, 5.74) is 1.72. The monoisotopic (exact) mass is 345 g/mol. The van der Waals surface area contributed by atoms with Crippen molar-refractivity contribution in [1.82, 2.24) is 0 Å². The number of halogens is 3. The maximum absolute atomic E-state index is 12.1. The number of aryl methyl sites for hydroxylation is 1. The van der Waals surface area contributed by atoms with Gasteiger partial charge in [-0.2, -0.15) is 0 Å². The quantitative estimate of drug-likeness (QED) is 0.896. The fourth-order valence-corrected chi connectivity index (χ4v) is 3.15. The van der Waals surface area contributed by atoms with Gasteiger partial charge in [0.25, 0.3) is 0 Å². The third-order valence-electron chi connectivity index (χ3n) is 2.80. The van der Waals surface area contributed by atoms with Crippen molar-refractivity contribution in [2.75, 3.05) is 4.72 Å². The van der Waals surface area contributed by atoms with Crippen molar-refractivity contribution in [3.63, 3.8) is 0 Å². The summed E-state index contributed by atoms with van der Waals surface area (Å²) in [5, 5.41) is 0. The molecule has 0 unspecified atom stereocenters. The Bertz CT molecular complexity index is 771. The third kappa shape index (κ3) is 5.82. The number of ether oxygens (including phenoxy) is 1. The number of alkyl halides is 3. The summed E-state index contributed by atoms with van der Waals surface area (Å²) in [6, 6.07) is 11.5. The Hall–Kier alpha value is -2.22. The molecule has 0 fully saturated rings. The maximum Gasteiger partial charge on any atom is 0.573 e. The van der Waals surface area contributed by atoms with Gasteiger partial charge < -0.3 is 4.74 Å². The number of hydrogen-bond acceptors (Lipinski definition) is 3. The number of benzene rings is 2. The average molecular weight is 345 g/mol. The molecule has 23 heavy (non-hydrogen) atoms. The van der Waals surface area contributed by atoms with Crippen molar-refractivity contribution >= 4 is 15.7 Å². The molecule has 0 aromatic heterocycles. The molecular weight excluding hydrogens is 331 g/mol. The minimum atomic E-state index is -4.79. The molecule has 0 atom stereocenters. The van der Waals surface area contributed by atoms with E-state index in [1.165, 1.54) is 12.1 Å². The third-order valence-corrected chi connectivity index (χ3v) is 4.06. The summed E-state index contributed by atoms with van der Waals surface area (Å²) in [6.45, 7) is 1.85. The Kier molecular flexibility index (Phi) is 4.84. The Balaban J connectivity index is 2.05. The molecule has 0 heterocycles. The second-order valence-corrected chi connectivity index (χ2v) is 6.64. The Labute approximate surface area is 132 Å². The largest absolute Gasteiger partial charge is 0.573 e. The van der Waals surface area contributed by atoms with Crippen LogP contribution in [0.25, 0.3) is 0 Å². The van der Waals surface area contributed by atoms with Gasteiger partial charge in [0, 0.05) is 5.69 Å². The summed E-state index contributed by atoms with van der Waals surface area (Å²) in [6.07, 6.45) is -4.79. The van der Waals surface area contributed by atoms with Crippen LogP contribution in [0, 0.1) is 6.92 Å². The second-order valence-electron chi connectivity index (χ2n) is 4.92. The molecule has 0 aliphatic heterocycles. The molecule has 8 heteroatoms. The van der Waals surface area contributed by atoms with Gasteiger partial charge in [0.1, 0.15) is 5.75 Å². The first-order chi connectivity index (χ1) is 10.6. The first-order valence-corrected chi connectivity index (χ1v) is 8.20. The molecule has 0 saturated carbocycles. The van der Waals surface area contributed by atoms with Crippen molar-refractivity contribution < 1.29 is 26.3 Å². The van der Waals surface area contributed by atoms with Gasteiger partial charge in [-0.1, -0.05) is 29.8 Å². The van der Waals surface area contributed by atoms with E-state index < -0.39 is 22.1 Å². The number of hydrogen-bond donors (Lipinski definition) is 1. The van der Waals surface area contributed by atoms with Gasteiger partial charge in [0.05, 0.1) is 5.75 Å². The predicted octanol–water partition coefficient (Wildman–Crippen LogP) is 3.84. The van der Waals surface area contributed by atoms with Crippen LogP contribution in [0.3, 0.4) is 0 Å². The van der Waals surface area contributed by atoms with Crippen LogP contribution in [0.5, 0.6) is 5.75 Å². The topological polar surface area (TPSA) is 55.4 Å². The van der Waals surface area contributed by atoms with E-state index in [1.54, 1.807) is 18.2 Å². The van der Waals surface area contributed by atoms with Gasteiger partial charge in [-0.15, -0.1) is 13.2 Å². The van der Waals surface area contributed by atoms with Crippen LogP contribution in [0.4, 0.5) is 18.9 Å². The van der Waals surface area contributed by atoms with Gasteiger partial charge in [-0.05, 0) is 36.8 Å². The highest BCUT2D eigenvalue weighted by Gasteiger charge is 2.31. The van der Waals surface area contributed by atoms with Gasteiger partial charge in [0.15, 0.2) is 0 Å². The van der Waals surface area contributed by atoms with Crippen LogP contribution in [0.15, 0.2) is 48.5 Å². The normalized spacial score (nSPS) is 12.0. The fraction of sp³-hybridized carbons (Fsp3) is 0.200. The van der Waals surface area contributed by atoms with E-state index >= 15 is 0 Å². The molecule has 0 spiro atoms. The van der Waals surface area contributed by atoms with Gasteiger partial charge in [-0.25, -0.2) is 8.42 Å². The highest BCUT2D eigenvalue weighted by molar-refractivity contribution is 7.91. The molecule has 0 radical (unpaired) electrons. The molecule has 2 aromatic rings. The molecule has 124 valence electrons. The molecule has 0 aliphatic rings. The highest BCUT2D eigenvalue weighted by atomic mass is 32.2. The molecule has 0 saturated heterocycles. The van der Waals surface area contributed by atoms with E-state index in [1.807, 2.05) is 13.0 Å². The molecule has 0 aliphatic carbocycles. The maximum atomic E-state index is 12.1. The summed E-state index contributed by atoms with van der Waals surface area (Å²) < 4.78 is 66.3. The van der Waals surface area contributed by atoms with Crippen molar-refractivity contribution in [1.29, 1.82) is 0 Å². The summed E-state index contributed by atoms with van der Waals surface area (Å²) in [7, 11) is -3.67. The van der Waals surface area contributed by atoms with E-state index in [4.69, 9.17) is 0 Å². The second kappa shape index (κ2) is 6.49. The first-order valence-electron chi connectivity index (χ1n) is 6.55. The summed E-state index contributed by atoms with van der Waals surface area (Å²) >= 11 is 0. The standard InChI is InChI=1S/C15H14F3NO3S/c1-11-3-2-4-12(9-11)10-23(20,21)19-13-5-7-14(8-6-13)22-15(16,17)18/h2-9,19H,10H2,1H3. The number of nitrogens with one attached hydrogen (secondary N) is 1. The highest BCUT2D eigenvalue weighted by Crippen LogP contribution is 2.24. The minimum Gasteiger partial charge on any atom is -0.406 e. The molecule has 2 aromatic carbocycles. The van der Waals surface area contributed by atoms with Crippen LogP contribution >= 0.6 is 0 Å². The molecule has 4 nitrogen and oxygen atoms in total. The van der Waals surface area contributed by atoms with Crippen molar-refractivity contribution in [2.24, 2.45) is 0 Å². The lowest BCUT2D eigenvalue weighted by Crippen LogP contribution is -2.17. The van der Waals surface area contributed by atoms with E-state index in [-0.39, 0.29) is 11.4 Å². The predicted molar refractivity (Wildman–Crippen MR) is 80.6 cm³/mol. The lowest BCUT2D eigenvalue weighted by atomic mass is 10.2. The van der Waals surface area contributed by atoms with Crippen LogP contribution in [-0.4, -0.2) is 14.8 Å². The number of rotatable bonds is 5. The zero-order valence-corrected chi connectivity index (χ0v) is 12.9. The fourth-order valence-electron chi connectivity index (χ4n) is 1.96. The molecule has 2 rings (SSSR count). The Morgan fingerprint density at radius 1 is 1.09 bits per heavy atom. The van der Waals surface area contributed by atoms with Gasteiger partial charge in [-0.3, -0.25) is 4.72 Å². The van der Waals surface area contributed by atoms with E-state index in [9.17, 15) is 21.6 Å². The first kappa shape index (κ1) is 17.1. The van der Waals surface area contributed by atoms with Crippen LogP contribution in [0.2, 0.25) is 0 Å². The summed E-state index contributed by atoms with van der Waals surface area (Å²) in [5.74, 6) is -0.644.